The third kappa shape index (κ3) is 4.78. The molecule has 16 heavy (non-hydrogen) atoms. The Balaban J connectivity index is 2.32. The van der Waals surface area contributed by atoms with E-state index in [1.165, 1.54) is 7.11 Å². The molecule has 2 atom stereocenters. The molecular formula is C10H22N2O3S. The average Bonchev–Trinajstić information content (AvgIpc) is 2.26. The van der Waals surface area contributed by atoms with Gasteiger partial charge in [0.05, 0.1) is 12.4 Å². The van der Waals surface area contributed by atoms with Gasteiger partial charge in [-0.2, -0.15) is 0 Å². The van der Waals surface area contributed by atoms with Gasteiger partial charge in [-0.1, -0.05) is 6.92 Å². The summed E-state index contributed by atoms with van der Waals surface area (Å²) in [6.07, 6.45) is 1.04. The van der Waals surface area contributed by atoms with Crippen LogP contribution in [0.4, 0.5) is 0 Å². The number of rotatable bonds is 6. The molecule has 1 heterocycles. The van der Waals surface area contributed by atoms with E-state index in [1.807, 2.05) is 0 Å². The molecule has 1 fully saturated rings. The van der Waals surface area contributed by atoms with Crippen LogP contribution in [0.2, 0.25) is 0 Å². The molecule has 0 saturated carbocycles. The van der Waals surface area contributed by atoms with Crippen LogP contribution in [0.3, 0.4) is 0 Å². The maximum Gasteiger partial charge on any atom is 0.213 e. The van der Waals surface area contributed by atoms with Gasteiger partial charge in [0.2, 0.25) is 10.0 Å². The molecule has 5 nitrogen and oxygen atoms in total. The summed E-state index contributed by atoms with van der Waals surface area (Å²) in [7, 11) is -1.66. The van der Waals surface area contributed by atoms with E-state index in [4.69, 9.17) is 4.74 Å². The Bertz CT molecular complexity index is 292. The van der Waals surface area contributed by atoms with Crippen molar-refractivity contribution in [1.29, 1.82) is 0 Å². The normalized spacial score (nSPS) is 26.9. The van der Waals surface area contributed by atoms with Crippen LogP contribution in [-0.2, 0) is 14.8 Å². The summed E-state index contributed by atoms with van der Waals surface area (Å²) >= 11 is 0. The molecule has 0 aromatic heterocycles. The van der Waals surface area contributed by atoms with Crippen molar-refractivity contribution in [2.24, 2.45) is 11.8 Å². The quantitative estimate of drug-likeness (QED) is 0.685. The maximum absolute atomic E-state index is 11.5. The fourth-order valence-electron chi connectivity index (χ4n) is 1.87. The summed E-state index contributed by atoms with van der Waals surface area (Å²) in [5.74, 6) is 1.01. The zero-order chi connectivity index (χ0) is 12.0. The van der Waals surface area contributed by atoms with Crippen molar-refractivity contribution in [1.82, 2.24) is 10.0 Å². The molecule has 1 aliphatic rings. The van der Waals surface area contributed by atoms with Gasteiger partial charge in [0, 0.05) is 13.7 Å². The van der Waals surface area contributed by atoms with Crippen LogP contribution in [0, 0.1) is 11.8 Å². The molecule has 6 heteroatoms. The highest BCUT2D eigenvalue weighted by Gasteiger charge is 2.22. The van der Waals surface area contributed by atoms with Gasteiger partial charge in [0.25, 0.3) is 0 Å². The van der Waals surface area contributed by atoms with Crippen molar-refractivity contribution in [3.8, 4) is 0 Å². The first-order chi connectivity index (χ1) is 7.55. The fourth-order valence-corrected chi connectivity index (χ4v) is 2.87. The predicted octanol–water partition coefficient (Wildman–Crippen LogP) is -0.202. The first-order valence-electron chi connectivity index (χ1n) is 5.72. The number of hydrogen-bond acceptors (Lipinski definition) is 4. The topological polar surface area (TPSA) is 67.4 Å². The number of methoxy groups -OCH3 is 1. The van der Waals surface area contributed by atoms with Gasteiger partial charge in [0.15, 0.2) is 0 Å². The molecule has 0 spiro atoms. The van der Waals surface area contributed by atoms with Crippen molar-refractivity contribution >= 4 is 10.0 Å². The van der Waals surface area contributed by atoms with Gasteiger partial charge in [-0.3, -0.25) is 0 Å². The van der Waals surface area contributed by atoms with Gasteiger partial charge >= 0.3 is 0 Å². The Kier molecular flexibility index (Phi) is 5.68. The largest absolute Gasteiger partial charge is 0.384 e. The summed E-state index contributed by atoms with van der Waals surface area (Å²) in [6, 6.07) is 0. The highest BCUT2D eigenvalue weighted by Crippen LogP contribution is 2.17. The number of hydrogen-bond donors (Lipinski definition) is 2. The Morgan fingerprint density at radius 3 is 2.88 bits per heavy atom. The molecule has 1 saturated heterocycles. The van der Waals surface area contributed by atoms with Crippen molar-refractivity contribution in [2.45, 2.75) is 13.3 Å². The third-order valence-corrected chi connectivity index (χ3v) is 4.40. The number of ether oxygens (including phenoxy) is 1. The molecule has 0 bridgehead atoms. The Hall–Kier alpha value is -0.170. The van der Waals surface area contributed by atoms with Gasteiger partial charge in [0.1, 0.15) is 0 Å². The zero-order valence-corrected chi connectivity index (χ0v) is 10.8. The van der Waals surface area contributed by atoms with Crippen molar-refractivity contribution in [2.75, 3.05) is 39.1 Å². The highest BCUT2D eigenvalue weighted by molar-refractivity contribution is 7.89. The van der Waals surface area contributed by atoms with Gasteiger partial charge in [-0.05, 0) is 31.3 Å². The van der Waals surface area contributed by atoms with Gasteiger partial charge in [-0.15, -0.1) is 0 Å². The summed E-state index contributed by atoms with van der Waals surface area (Å²) < 4.78 is 30.5. The first kappa shape index (κ1) is 13.9. The first-order valence-corrected chi connectivity index (χ1v) is 7.37. The van der Waals surface area contributed by atoms with Crippen molar-refractivity contribution in [3.05, 3.63) is 0 Å². The van der Waals surface area contributed by atoms with E-state index in [9.17, 15) is 8.42 Å². The Morgan fingerprint density at radius 1 is 1.50 bits per heavy atom. The van der Waals surface area contributed by atoms with E-state index in [0.717, 1.165) is 19.5 Å². The molecule has 96 valence electrons. The maximum atomic E-state index is 11.5. The van der Waals surface area contributed by atoms with E-state index in [-0.39, 0.29) is 12.4 Å². The molecule has 0 aromatic carbocycles. The average molecular weight is 250 g/mol. The van der Waals surface area contributed by atoms with Crippen LogP contribution in [0.25, 0.3) is 0 Å². The molecule has 1 aliphatic heterocycles. The lowest BCUT2D eigenvalue weighted by atomic mass is 9.88. The van der Waals surface area contributed by atoms with Crippen LogP contribution in [0.1, 0.15) is 13.3 Å². The zero-order valence-electron chi connectivity index (χ0n) is 10.0. The van der Waals surface area contributed by atoms with Crippen LogP contribution >= 0.6 is 0 Å². The summed E-state index contributed by atoms with van der Waals surface area (Å²) in [5.41, 5.74) is 0. The van der Waals surface area contributed by atoms with Crippen molar-refractivity contribution < 1.29 is 13.2 Å². The second-order valence-electron chi connectivity index (χ2n) is 4.39. The summed E-state index contributed by atoms with van der Waals surface area (Å²) in [5, 5.41) is 3.30. The molecule has 1 rings (SSSR count). The molecule has 2 unspecified atom stereocenters. The van der Waals surface area contributed by atoms with E-state index in [0.29, 0.717) is 18.4 Å². The van der Waals surface area contributed by atoms with E-state index < -0.39 is 10.0 Å². The minimum absolute atomic E-state index is 0.0445. The predicted molar refractivity (Wildman–Crippen MR) is 63.8 cm³/mol. The Morgan fingerprint density at radius 2 is 2.25 bits per heavy atom. The molecule has 0 aliphatic carbocycles. The summed E-state index contributed by atoms with van der Waals surface area (Å²) in [6.45, 7) is 4.91. The van der Waals surface area contributed by atoms with Crippen LogP contribution in [0.5, 0.6) is 0 Å². The third-order valence-electron chi connectivity index (χ3n) is 3.08. The second kappa shape index (κ2) is 6.54. The number of piperidine rings is 1. The monoisotopic (exact) mass is 250 g/mol. The second-order valence-corrected chi connectivity index (χ2v) is 6.32. The van der Waals surface area contributed by atoms with Crippen LogP contribution < -0.4 is 10.0 Å². The standard InChI is InChI=1S/C10H22N2O3S/c1-9-7-11-4-3-10(9)8-12-16(13,14)6-5-15-2/h9-12H,3-8H2,1-2H3. The van der Waals surface area contributed by atoms with Gasteiger partial charge in [-0.25, -0.2) is 13.1 Å². The lowest BCUT2D eigenvalue weighted by Gasteiger charge is -2.29. The molecule has 0 radical (unpaired) electrons. The van der Waals surface area contributed by atoms with Gasteiger partial charge < -0.3 is 10.1 Å². The molecule has 2 N–H and O–H groups in total. The Labute approximate surface area is 98.0 Å². The molecule has 0 aromatic rings. The number of sulfonamides is 1. The van der Waals surface area contributed by atoms with E-state index in [1.54, 1.807) is 0 Å². The molecule has 0 amide bonds. The van der Waals surface area contributed by atoms with Crippen LogP contribution in [-0.4, -0.2) is 47.5 Å². The van der Waals surface area contributed by atoms with E-state index in [2.05, 4.69) is 17.0 Å². The fraction of sp³-hybridized carbons (Fsp3) is 1.00. The minimum atomic E-state index is -3.16. The van der Waals surface area contributed by atoms with Crippen LogP contribution in [0.15, 0.2) is 0 Å². The van der Waals surface area contributed by atoms with E-state index >= 15 is 0 Å². The lowest BCUT2D eigenvalue weighted by molar-refractivity contribution is 0.216. The highest BCUT2D eigenvalue weighted by atomic mass is 32.2. The molecular weight excluding hydrogens is 228 g/mol. The minimum Gasteiger partial charge on any atom is -0.384 e. The number of nitrogens with one attached hydrogen (secondary N) is 2. The summed E-state index contributed by atoms with van der Waals surface area (Å²) in [4.78, 5) is 0. The smallest absolute Gasteiger partial charge is 0.213 e. The van der Waals surface area contributed by atoms with Crippen molar-refractivity contribution in [3.63, 3.8) is 0 Å². The SMILES string of the molecule is COCCS(=O)(=O)NCC1CCNCC1C. The lowest BCUT2D eigenvalue weighted by Crippen LogP contribution is -2.41.